The molecule has 1 aromatic rings. The minimum absolute atomic E-state index is 0.0768. The summed E-state index contributed by atoms with van der Waals surface area (Å²) < 4.78 is 5.07. The van der Waals surface area contributed by atoms with E-state index in [4.69, 9.17) is 9.63 Å². The third-order valence-corrected chi connectivity index (χ3v) is 1.91. The maximum Gasteiger partial charge on any atom is 0.226 e. The fraction of sp³-hybridized carbons (Fsp3) is 0.800. The highest BCUT2D eigenvalue weighted by atomic mass is 16.5. The van der Waals surface area contributed by atoms with Crippen LogP contribution in [-0.2, 0) is 11.8 Å². The van der Waals surface area contributed by atoms with E-state index in [2.05, 4.69) is 10.1 Å². The van der Waals surface area contributed by atoms with Crippen molar-refractivity contribution in [3.8, 4) is 0 Å². The molecule has 1 aromatic heterocycles. The Morgan fingerprint density at radius 3 is 2.50 bits per heavy atom. The Morgan fingerprint density at radius 1 is 1.43 bits per heavy atom. The van der Waals surface area contributed by atoms with Crippen LogP contribution in [0, 0.1) is 0 Å². The van der Waals surface area contributed by atoms with Crippen molar-refractivity contribution in [2.75, 3.05) is 0 Å². The van der Waals surface area contributed by atoms with Gasteiger partial charge in [0, 0.05) is 11.8 Å². The van der Waals surface area contributed by atoms with Crippen LogP contribution >= 0.6 is 0 Å². The summed E-state index contributed by atoms with van der Waals surface area (Å²) in [5.74, 6) is 1.33. The molecule has 0 aliphatic carbocycles. The monoisotopic (exact) mass is 198 g/mol. The molecule has 4 heteroatoms. The van der Waals surface area contributed by atoms with E-state index in [1.54, 1.807) is 6.92 Å². The minimum Gasteiger partial charge on any atom is -0.393 e. The second-order valence-electron chi connectivity index (χ2n) is 4.65. The van der Waals surface area contributed by atoms with Crippen LogP contribution in [0.3, 0.4) is 0 Å². The molecule has 0 amide bonds. The van der Waals surface area contributed by atoms with Crippen LogP contribution < -0.4 is 0 Å². The SMILES string of the molecule is CC(O)CCc1nc(C(C)(C)C)no1. The zero-order valence-electron chi connectivity index (χ0n) is 9.24. The Morgan fingerprint density at radius 2 is 2.07 bits per heavy atom. The van der Waals surface area contributed by atoms with Crippen LogP contribution in [0.2, 0.25) is 0 Å². The predicted octanol–water partition coefficient (Wildman–Crippen LogP) is 1.68. The summed E-state index contributed by atoms with van der Waals surface area (Å²) in [6.45, 7) is 7.87. The third kappa shape index (κ3) is 3.10. The number of hydrogen-bond donors (Lipinski definition) is 1. The molecule has 1 atom stereocenters. The molecule has 1 N–H and O–H groups in total. The average Bonchev–Trinajstić information content (AvgIpc) is 2.47. The summed E-state index contributed by atoms with van der Waals surface area (Å²) >= 11 is 0. The van der Waals surface area contributed by atoms with Crippen molar-refractivity contribution in [2.45, 2.75) is 52.1 Å². The number of hydrogen-bond acceptors (Lipinski definition) is 4. The van der Waals surface area contributed by atoms with Gasteiger partial charge in [-0.2, -0.15) is 4.98 Å². The topological polar surface area (TPSA) is 59.2 Å². The summed E-state index contributed by atoms with van der Waals surface area (Å²) in [5, 5.41) is 13.0. The molecule has 0 saturated carbocycles. The van der Waals surface area contributed by atoms with Crippen molar-refractivity contribution >= 4 is 0 Å². The van der Waals surface area contributed by atoms with Gasteiger partial charge < -0.3 is 9.63 Å². The van der Waals surface area contributed by atoms with Gasteiger partial charge in [-0.15, -0.1) is 0 Å². The van der Waals surface area contributed by atoms with Crippen molar-refractivity contribution in [2.24, 2.45) is 0 Å². The number of nitrogens with zero attached hydrogens (tertiary/aromatic N) is 2. The summed E-state index contributed by atoms with van der Waals surface area (Å²) in [5.41, 5.74) is -0.0768. The van der Waals surface area contributed by atoms with Gasteiger partial charge in [0.25, 0.3) is 0 Å². The van der Waals surface area contributed by atoms with Crippen LogP contribution in [-0.4, -0.2) is 21.4 Å². The normalized spacial score (nSPS) is 14.4. The van der Waals surface area contributed by atoms with E-state index in [9.17, 15) is 0 Å². The molecule has 0 fully saturated rings. The highest BCUT2D eigenvalue weighted by Gasteiger charge is 2.20. The Kier molecular flexibility index (Phi) is 3.26. The van der Waals surface area contributed by atoms with Crippen molar-refractivity contribution < 1.29 is 9.63 Å². The Balaban J connectivity index is 2.60. The average molecular weight is 198 g/mol. The zero-order chi connectivity index (χ0) is 10.8. The number of aryl methyl sites for hydroxylation is 1. The third-order valence-electron chi connectivity index (χ3n) is 1.91. The Labute approximate surface area is 84.3 Å². The molecule has 80 valence electrons. The van der Waals surface area contributed by atoms with Gasteiger partial charge in [-0.05, 0) is 13.3 Å². The molecule has 4 nitrogen and oxygen atoms in total. The first-order valence-electron chi connectivity index (χ1n) is 4.90. The summed E-state index contributed by atoms with van der Waals surface area (Å²) in [6, 6.07) is 0. The quantitative estimate of drug-likeness (QED) is 0.802. The van der Waals surface area contributed by atoms with Gasteiger partial charge in [-0.1, -0.05) is 25.9 Å². The van der Waals surface area contributed by atoms with Crippen LogP contribution in [0.4, 0.5) is 0 Å². The molecule has 0 saturated heterocycles. The maximum atomic E-state index is 9.09. The van der Waals surface area contributed by atoms with E-state index >= 15 is 0 Å². The maximum absolute atomic E-state index is 9.09. The van der Waals surface area contributed by atoms with Crippen LogP contribution in [0.25, 0.3) is 0 Å². The van der Waals surface area contributed by atoms with E-state index < -0.39 is 0 Å². The molecule has 0 aromatic carbocycles. The highest BCUT2D eigenvalue weighted by molar-refractivity contribution is 4.99. The fourth-order valence-electron chi connectivity index (χ4n) is 0.993. The smallest absolute Gasteiger partial charge is 0.226 e. The number of rotatable bonds is 3. The summed E-state index contributed by atoms with van der Waals surface area (Å²) in [4.78, 5) is 4.26. The summed E-state index contributed by atoms with van der Waals surface area (Å²) in [6.07, 6.45) is 0.979. The minimum atomic E-state index is -0.319. The van der Waals surface area contributed by atoms with Crippen molar-refractivity contribution in [3.63, 3.8) is 0 Å². The van der Waals surface area contributed by atoms with Gasteiger partial charge in [0.1, 0.15) is 0 Å². The highest BCUT2D eigenvalue weighted by Crippen LogP contribution is 2.18. The lowest BCUT2D eigenvalue weighted by Gasteiger charge is -2.10. The fourth-order valence-corrected chi connectivity index (χ4v) is 0.993. The zero-order valence-corrected chi connectivity index (χ0v) is 9.24. The molecule has 1 unspecified atom stereocenters. The second kappa shape index (κ2) is 4.09. The number of aliphatic hydroxyl groups excluding tert-OH is 1. The van der Waals surface area contributed by atoms with E-state index in [0.717, 1.165) is 5.82 Å². The lowest BCUT2D eigenvalue weighted by atomic mass is 9.96. The molecule has 14 heavy (non-hydrogen) atoms. The molecule has 0 bridgehead atoms. The van der Waals surface area contributed by atoms with Gasteiger partial charge in [-0.3, -0.25) is 0 Å². The van der Waals surface area contributed by atoms with Crippen LogP contribution in [0.15, 0.2) is 4.52 Å². The second-order valence-corrected chi connectivity index (χ2v) is 4.65. The first-order chi connectivity index (χ1) is 6.39. The standard InChI is InChI=1S/C10H18N2O2/c1-7(13)5-6-8-11-9(12-14-8)10(2,3)4/h7,13H,5-6H2,1-4H3. The van der Waals surface area contributed by atoms with Gasteiger partial charge in [0.2, 0.25) is 5.89 Å². The van der Waals surface area contributed by atoms with Gasteiger partial charge in [-0.25, -0.2) is 0 Å². The molecule has 0 aliphatic heterocycles. The van der Waals surface area contributed by atoms with E-state index in [1.165, 1.54) is 0 Å². The van der Waals surface area contributed by atoms with E-state index in [1.807, 2.05) is 20.8 Å². The van der Waals surface area contributed by atoms with Gasteiger partial charge in [0.15, 0.2) is 5.82 Å². The Hall–Kier alpha value is -0.900. The molecular formula is C10H18N2O2. The predicted molar refractivity (Wildman–Crippen MR) is 53.0 cm³/mol. The lowest BCUT2D eigenvalue weighted by molar-refractivity contribution is 0.180. The molecule has 0 spiro atoms. The van der Waals surface area contributed by atoms with Gasteiger partial charge >= 0.3 is 0 Å². The van der Waals surface area contributed by atoms with Gasteiger partial charge in [0.05, 0.1) is 6.10 Å². The van der Waals surface area contributed by atoms with Crippen LogP contribution in [0.1, 0.15) is 45.8 Å². The first kappa shape index (κ1) is 11.2. The molecule has 0 radical (unpaired) electrons. The molecule has 1 heterocycles. The van der Waals surface area contributed by atoms with Crippen molar-refractivity contribution in [1.29, 1.82) is 0 Å². The lowest BCUT2D eigenvalue weighted by Crippen LogP contribution is -2.13. The largest absolute Gasteiger partial charge is 0.393 e. The van der Waals surface area contributed by atoms with Crippen molar-refractivity contribution in [3.05, 3.63) is 11.7 Å². The van der Waals surface area contributed by atoms with E-state index in [0.29, 0.717) is 18.7 Å². The van der Waals surface area contributed by atoms with Crippen LogP contribution in [0.5, 0.6) is 0 Å². The summed E-state index contributed by atoms with van der Waals surface area (Å²) in [7, 11) is 0. The van der Waals surface area contributed by atoms with Crippen molar-refractivity contribution in [1.82, 2.24) is 10.1 Å². The first-order valence-corrected chi connectivity index (χ1v) is 4.90. The number of aromatic nitrogens is 2. The Bertz CT molecular complexity index is 287. The van der Waals surface area contributed by atoms with E-state index in [-0.39, 0.29) is 11.5 Å². The molecular weight excluding hydrogens is 180 g/mol. The molecule has 1 rings (SSSR count). The molecule has 0 aliphatic rings. The number of aliphatic hydroxyl groups is 1.